The molecular formula is C24H28FN5O. The molecule has 1 amide bonds. The van der Waals surface area contributed by atoms with Crippen molar-refractivity contribution in [1.82, 2.24) is 24.1 Å². The van der Waals surface area contributed by atoms with Crippen molar-refractivity contribution < 1.29 is 9.18 Å². The zero-order valence-electron chi connectivity index (χ0n) is 17.7. The summed E-state index contributed by atoms with van der Waals surface area (Å²) in [6, 6.07) is 10.7. The van der Waals surface area contributed by atoms with Gasteiger partial charge >= 0.3 is 0 Å². The molecule has 0 bridgehead atoms. The van der Waals surface area contributed by atoms with Gasteiger partial charge in [-0.3, -0.25) is 4.79 Å². The fourth-order valence-corrected chi connectivity index (χ4v) is 4.90. The SMILES string of the molecule is O=C(c1cnn(-c2cccc(F)c2)c1-n1cccc1)N1CCC(N2CCCCC2)CC1. The summed E-state index contributed by atoms with van der Waals surface area (Å²) < 4.78 is 17.3. The average Bonchev–Trinajstić information content (AvgIpc) is 3.49. The van der Waals surface area contributed by atoms with E-state index in [1.54, 1.807) is 23.0 Å². The summed E-state index contributed by atoms with van der Waals surface area (Å²) in [6.07, 6.45) is 11.3. The van der Waals surface area contributed by atoms with Crippen LogP contribution in [0.15, 0.2) is 55.0 Å². The van der Waals surface area contributed by atoms with Crippen molar-refractivity contribution in [2.45, 2.75) is 38.1 Å². The van der Waals surface area contributed by atoms with Gasteiger partial charge in [-0.1, -0.05) is 12.5 Å². The Morgan fingerprint density at radius 3 is 2.42 bits per heavy atom. The lowest BCUT2D eigenvalue weighted by Gasteiger charge is -2.40. The number of piperidine rings is 2. The second-order valence-electron chi connectivity index (χ2n) is 8.48. The summed E-state index contributed by atoms with van der Waals surface area (Å²) in [7, 11) is 0. The third kappa shape index (κ3) is 4.02. The van der Waals surface area contributed by atoms with Crippen LogP contribution >= 0.6 is 0 Å². The Hall–Kier alpha value is -2.93. The highest BCUT2D eigenvalue weighted by Gasteiger charge is 2.30. The molecule has 2 aliphatic heterocycles. The molecule has 0 aliphatic carbocycles. The predicted molar refractivity (Wildman–Crippen MR) is 117 cm³/mol. The van der Waals surface area contributed by atoms with Gasteiger partial charge in [-0.15, -0.1) is 0 Å². The van der Waals surface area contributed by atoms with Crippen LogP contribution in [0.3, 0.4) is 0 Å². The molecule has 0 radical (unpaired) electrons. The van der Waals surface area contributed by atoms with Crippen molar-refractivity contribution >= 4 is 5.91 Å². The van der Waals surface area contributed by atoms with E-state index < -0.39 is 0 Å². The maximum atomic E-state index is 13.8. The smallest absolute Gasteiger partial charge is 0.259 e. The average molecular weight is 422 g/mol. The first-order valence-electron chi connectivity index (χ1n) is 11.2. The highest BCUT2D eigenvalue weighted by atomic mass is 19.1. The Morgan fingerprint density at radius 1 is 0.968 bits per heavy atom. The molecule has 7 heteroatoms. The number of carbonyl (C=O) groups is 1. The second-order valence-corrected chi connectivity index (χ2v) is 8.48. The molecule has 0 saturated carbocycles. The molecule has 3 aromatic rings. The van der Waals surface area contributed by atoms with Gasteiger partial charge in [0.05, 0.1) is 11.9 Å². The van der Waals surface area contributed by atoms with Crippen LogP contribution in [0.25, 0.3) is 11.5 Å². The van der Waals surface area contributed by atoms with E-state index in [1.807, 2.05) is 34.0 Å². The molecule has 2 aliphatic rings. The number of rotatable bonds is 4. The van der Waals surface area contributed by atoms with E-state index in [-0.39, 0.29) is 11.7 Å². The van der Waals surface area contributed by atoms with E-state index in [0.29, 0.717) is 23.1 Å². The topological polar surface area (TPSA) is 46.3 Å². The number of amides is 1. The maximum Gasteiger partial charge on any atom is 0.259 e. The lowest BCUT2D eigenvalue weighted by Crippen LogP contribution is -2.48. The Morgan fingerprint density at radius 2 is 1.71 bits per heavy atom. The summed E-state index contributed by atoms with van der Waals surface area (Å²) in [5.41, 5.74) is 1.13. The minimum atomic E-state index is -0.334. The fourth-order valence-electron chi connectivity index (χ4n) is 4.90. The van der Waals surface area contributed by atoms with Crippen LogP contribution in [0.1, 0.15) is 42.5 Å². The third-order valence-electron chi connectivity index (χ3n) is 6.53. The van der Waals surface area contributed by atoms with Crippen LogP contribution in [0, 0.1) is 5.82 Å². The van der Waals surface area contributed by atoms with Gasteiger partial charge in [-0.25, -0.2) is 9.07 Å². The van der Waals surface area contributed by atoms with Gasteiger partial charge < -0.3 is 14.4 Å². The molecule has 2 fully saturated rings. The summed E-state index contributed by atoms with van der Waals surface area (Å²) in [5, 5.41) is 4.46. The largest absolute Gasteiger partial charge is 0.338 e. The van der Waals surface area contributed by atoms with Crippen LogP contribution in [0.5, 0.6) is 0 Å². The first-order chi connectivity index (χ1) is 15.2. The summed E-state index contributed by atoms with van der Waals surface area (Å²) in [4.78, 5) is 18.0. The van der Waals surface area contributed by atoms with Gasteiger partial charge in [0.25, 0.3) is 5.91 Å². The molecule has 4 heterocycles. The second kappa shape index (κ2) is 8.67. The number of halogens is 1. The van der Waals surface area contributed by atoms with Crippen LogP contribution in [-0.4, -0.2) is 62.3 Å². The number of aromatic nitrogens is 3. The highest BCUT2D eigenvalue weighted by molar-refractivity contribution is 5.97. The lowest BCUT2D eigenvalue weighted by atomic mass is 9.99. The summed E-state index contributed by atoms with van der Waals surface area (Å²) in [5.74, 6) is 0.293. The number of hydrogen-bond acceptors (Lipinski definition) is 3. The van der Waals surface area contributed by atoms with E-state index in [0.717, 1.165) is 25.9 Å². The van der Waals surface area contributed by atoms with Crippen LogP contribution < -0.4 is 0 Å². The minimum Gasteiger partial charge on any atom is -0.338 e. The lowest BCUT2D eigenvalue weighted by molar-refractivity contribution is 0.0590. The Balaban J connectivity index is 1.39. The number of nitrogens with zero attached hydrogens (tertiary/aromatic N) is 5. The van der Waals surface area contributed by atoms with Crippen molar-refractivity contribution in [3.05, 3.63) is 66.4 Å². The molecule has 0 spiro atoms. The van der Waals surface area contributed by atoms with E-state index in [4.69, 9.17) is 0 Å². The van der Waals surface area contributed by atoms with Gasteiger partial charge in [-0.2, -0.15) is 5.10 Å². The van der Waals surface area contributed by atoms with Gasteiger partial charge in [-0.05, 0) is 69.1 Å². The first kappa shape index (κ1) is 20.0. The zero-order chi connectivity index (χ0) is 21.2. The Labute approximate surface area is 181 Å². The molecule has 0 N–H and O–H groups in total. The highest BCUT2D eigenvalue weighted by Crippen LogP contribution is 2.25. The Kier molecular flexibility index (Phi) is 5.59. The molecule has 2 aromatic heterocycles. The fraction of sp³-hybridized carbons (Fsp3) is 0.417. The molecule has 31 heavy (non-hydrogen) atoms. The molecule has 1 aromatic carbocycles. The van der Waals surface area contributed by atoms with E-state index in [1.165, 1.54) is 44.5 Å². The monoisotopic (exact) mass is 421 g/mol. The molecular weight excluding hydrogens is 393 g/mol. The van der Waals surface area contributed by atoms with Crippen molar-refractivity contribution in [3.8, 4) is 11.5 Å². The van der Waals surface area contributed by atoms with E-state index in [2.05, 4.69) is 10.00 Å². The van der Waals surface area contributed by atoms with Crippen molar-refractivity contribution in [2.75, 3.05) is 26.2 Å². The minimum absolute atomic E-state index is 0.0107. The molecule has 5 rings (SSSR count). The van der Waals surface area contributed by atoms with Gasteiger partial charge in [0.1, 0.15) is 11.4 Å². The number of likely N-dealkylation sites (tertiary alicyclic amines) is 2. The number of hydrogen-bond donors (Lipinski definition) is 0. The quantitative estimate of drug-likeness (QED) is 0.642. The molecule has 0 atom stereocenters. The Bertz CT molecular complexity index is 1030. The first-order valence-corrected chi connectivity index (χ1v) is 11.2. The molecule has 2 saturated heterocycles. The van der Waals surface area contributed by atoms with Crippen LogP contribution in [0.4, 0.5) is 4.39 Å². The molecule has 0 unspecified atom stereocenters. The van der Waals surface area contributed by atoms with Gasteiger partial charge in [0.15, 0.2) is 5.82 Å². The summed E-state index contributed by atoms with van der Waals surface area (Å²) >= 11 is 0. The van der Waals surface area contributed by atoms with Crippen molar-refractivity contribution in [3.63, 3.8) is 0 Å². The van der Waals surface area contributed by atoms with E-state index in [9.17, 15) is 9.18 Å². The van der Waals surface area contributed by atoms with Gasteiger partial charge in [0.2, 0.25) is 0 Å². The van der Waals surface area contributed by atoms with E-state index >= 15 is 0 Å². The number of carbonyl (C=O) groups excluding carboxylic acids is 1. The van der Waals surface area contributed by atoms with Gasteiger partial charge in [0, 0.05) is 31.5 Å². The van der Waals surface area contributed by atoms with Crippen molar-refractivity contribution in [2.24, 2.45) is 0 Å². The maximum absolute atomic E-state index is 13.8. The van der Waals surface area contributed by atoms with Crippen LogP contribution in [-0.2, 0) is 0 Å². The third-order valence-corrected chi connectivity index (χ3v) is 6.53. The zero-order valence-corrected chi connectivity index (χ0v) is 17.7. The normalized spacial score (nSPS) is 18.4. The summed E-state index contributed by atoms with van der Waals surface area (Å²) in [6.45, 7) is 3.90. The molecule has 162 valence electrons. The number of benzene rings is 1. The molecule has 6 nitrogen and oxygen atoms in total. The van der Waals surface area contributed by atoms with Crippen molar-refractivity contribution in [1.29, 1.82) is 0 Å². The van der Waals surface area contributed by atoms with Crippen LogP contribution in [0.2, 0.25) is 0 Å². The standard InChI is InChI=1S/C24H28FN5O/c25-19-7-6-8-21(17-19)30-23(28-13-4-5-14-28)22(18-26-30)24(31)29-15-9-20(10-16-29)27-11-2-1-3-12-27/h4-8,13-14,17-18,20H,1-3,9-12,15-16H2. The predicted octanol–water partition coefficient (Wildman–Crippen LogP) is 3.89.